The minimum atomic E-state index is 0.0239. The Morgan fingerprint density at radius 1 is 1.35 bits per heavy atom. The molecule has 7 nitrogen and oxygen atoms in total. The lowest BCUT2D eigenvalue weighted by molar-refractivity contribution is 0.0706. The van der Waals surface area contributed by atoms with Gasteiger partial charge in [0.05, 0.1) is 18.2 Å². The number of hydrogen-bond acceptors (Lipinski definition) is 4. The second-order valence-electron chi connectivity index (χ2n) is 5.96. The Kier molecular flexibility index (Phi) is 3.33. The smallest absolute Gasteiger partial charge is 0.271 e. The topological polar surface area (TPSA) is 79.2 Å². The maximum Gasteiger partial charge on any atom is 0.271 e. The van der Waals surface area contributed by atoms with Gasteiger partial charge in [-0.3, -0.25) is 4.79 Å². The van der Waals surface area contributed by atoms with Crippen molar-refractivity contribution in [3.8, 4) is 0 Å². The number of amides is 1. The number of aromatic amines is 1. The predicted octanol–water partition coefficient (Wildman–Crippen LogP) is 1.78. The summed E-state index contributed by atoms with van der Waals surface area (Å²) < 4.78 is 1.94. The maximum atomic E-state index is 12.3. The third-order valence-electron chi connectivity index (χ3n) is 4.44. The fraction of sp³-hybridized carbons (Fsp3) is 0.375. The standard InChI is InChI=1S/C16H18N6O/c1-11-8-15-18-5-2-14(22(15)20-11)12-3-6-21(7-4-12)16(23)13-9-17-10-19-13/h2,5,8-10,12H,3-4,6-7H2,1H3,(H,17,19). The number of piperidine rings is 1. The normalized spacial score (nSPS) is 16.1. The molecule has 1 aliphatic heterocycles. The van der Waals surface area contributed by atoms with E-state index in [1.807, 2.05) is 34.7 Å². The quantitative estimate of drug-likeness (QED) is 0.782. The van der Waals surface area contributed by atoms with E-state index in [9.17, 15) is 4.79 Å². The Bertz CT molecular complexity index is 830. The van der Waals surface area contributed by atoms with E-state index in [0.29, 0.717) is 11.6 Å². The fourth-order valence-electron chi connectivity index (χ4n) is 3.26. The molecule has 0 radical (unpaired) electrons. The lowest BCUT2D eigenvalue weighted by Gasteiger charge is -2.31. The number of carbonyl (C=O) groups excluding carboxylic acids is 1. The number of nitrogens with one attached hydrogen (secondary N) is 1. The number of likely N-dealkylation sites (tertiary alicyclic amines) is 1. The van der Waals surface area contributed by atoms with E-state index >= 15 is 0 Å². The van der Waals surface area contributed by atoms with Gasteiger partial charge in [0.1, 0.15) is 5.69 Å². The largest absolute Gasteiger partial charge is 0.341 e. The summed E-state index contributed by atoms with van der Waals surface area (Å²) in [5, 5.41) is 4.54. The van der Waals surface area contributed by atoms with Crippen molar-refractivity contribution in [1.29, 1.82) is 0 Å². The average molecular weight is 310 g/mol. The number of carbonyl (C=O) groups is 1. The Morgan fingerprint density at radius 3 is 2.91 bits per heavy atom. The SMILES string of the molecule is Cc1cc2nccc(C3CCN(C(=O)c4cnc[nH]4)CC3)n2n1. The van der Waals surface area contributed by atoms with Crippen LogP contribution < -0.4 is 0 Å². The first-order chi connectivity index (χ1) is 11.2. The molecule has 0 aliphatic carbocycles. The monoisotopic (exact) mass is 310 g/mol. The first kappa shape index (κ1) is 13.9. The number of aryl methyl sites for hydroxylation is 1. The van der Waals surface area contributed by atoms with Crippen molar-refractivity contribution in [3.05, 3.63) is 47.9 Å². The van der Waals surface area contributed by atoms with Crippen LogP contribution in [0.2, 0.25) is 0 Å². The van der Waals surface area contributed by atoms with Gasteiger partial charge in [-0.05, 0) is 25.8 Å². The Labute approximate surface area is 133 Å². The predicted molar refractivity (Wildman–Crippen MR) is 84.2 cm³/mol. The third kappa shape index (κ3) is 2.48. The van der Waals surface area contributed by atoms with Gasteiger partial charge in [-0.15, -0.1) is 0 Å². The average Bonchev–Trinajstić information content (AvgIpc) is 3.22. The molecule has 1 amide bonds. The van der Waals surface area contributed by atoms with Crippen LogP contribution in [0.5, 0.6) is 0 Å². The van der Waals surface area contributed by atoms with Gasteiger partial charge in [0.25, 0.3) is 5.91 Å². The molecule has 0 saturated carbocycles. The molecule has 0 atom stereocenters. The zero-order valence-electron chi connectivity index (χ0n) is 12.9. The zero-order valence-corrected chi connectivity index (χ0v) is 12.9. The molecular formula is C16H18N6O. The second-order valence-corrected chi connectivity index (χ2v) is 5.96. The summed E-state index contributed by atoms with van der Waals surface area (Å²) in [6.07, 6.45) is 6.81. The van der Waals surface area contributed by atoms with E-state index in [-0.39, 0.29) is 5.91 Å². The summed E-state index contributed by atoms with van der Waals surface area (Å²) >= 11 is 0. The van der Waals surface area contributed by atoms with Crippen molar-refractivity contribution in [2.45, 2.75) is 25.7 Å². The third-order valence-corrected chi connectivity index (χ3v) is 4.44. The molecule has 1 fully saturated rings. The summed E-state index contributed by atoms with van der Waals surface area (Å²) in [6, 6.07) is 4.02. The minimum Gasteiger partial charge on any atom is -0.341 e. The first-order valence-corrected chi connectivity index (χ1v) is 7.81. The van der Waals surface area contributed by atoms with Gasteiger partial charge in [0, 0.05) is 37.0 Å². The van der Waals surface area contributed by atoms with Crippen molar-refractivity contribution in [2.75, 3.05) is 13.1 Å². The van der Waals surface area contributed by atoms with Crippen LogP contribution in [0.4, 0.5) is 0 Å². The molecule has 4 rings (SSSR count). The minimum absolute atomic E-state index is 0.0239. The van der Waals surface area contributed by atoms with Gasteiger partial charge in [-0.1, -0.05) is 0 Å². The van der Waals surface area contributed by atoms with Gasteiger partial charge in [-0.2, -0.15) is 5.10 Å². The molecule has 0 unspecified atom stereocenters. The molecule has 1 N–H and O–H groups in total. The van der Waals surface area contributed by atoms with E-state index in [1.165, 1.54) is 12.0 Å². The van der Waals surface area contributed by atoms with Gasteiger partial charge in [-0.25, -0.2) is 14.5 Å². The summed E-state index contributed by atoms with van der Waals surface area (Å²) in [6.45, 7) is 3.46. The molecule has 1 saturated heterocycles. The maximum absolute atomic E-state index is 12.3. The van der Waals surface area contributed by atoms with Gasteiger partial charge in [0.15, 0.2) is 5.65 Å². The van der Waals surface area contributed by atoms with E-state index in [4.69, 9.17) is 0 Å². The number of rotatable bonds is 2. The number of hydrogen-bond donors (Lipinski definition) is 1. The highest BCUT2D eigenvalue weighted by Gasteiger charge is 2.26. The van der Waals surface area contributed by atoms with E-state index < -0.39 is 0 Å². The summed E-state index contributed by atoms with van der Waals surface area (Å²) in [4.78, 5) is 25.4. The molecule has 7 heteroatoms. The van der Waals surface area contributed by atoms with Crippen LogP contribution in [-0.2, 0) is 0 Å². The molecule has 23 heavy (non-hydrogen) atoms. The molecule has 3 aromatic rings. The highest BCUT2D eigenvalue weighted by molar-refractivity contribution is 5.92. The van der Waals surface area contributed by atoms with Crippen LogP contribution in [0.3, 0.4) is 0 Å². The Hall–Kier alpha value is -2.70. The van der Waals surface area contributed by atoms with Crippen LogP contribution in [0.1, 0.15) is 40.6 Å². The van der Waals surface area contributed by atoms with Crippen molar-refractivity contribution in [1.82, 2.24) is 29.5 Å². The zero-order chi connectivity index (χ0) is 15.8. The highest BCUT2D eigenvalue weighted by Crippen LogP contribution is 2.28. The fourth-order valence-corrected chi connectivity index (χ4v) is 3.26. The second kappa shape index (κ2) is 5.49. The van der Waals surface area contributed by atoms with Gasteiger partial charge >= 0.3 is 0 Å². The number of nitrogens with zero attached hydrogens (tertiary/aromatic N) is 5. The lowest BCUT2D eigenvalue weighted by Crippen LogP contribution is -2.38. The van der Waals surface area contributed by atoms with Gasteiger partial charge in [0.2, 0.25) is 0 Å². The number of fused-ring (bicyclic) bond motifs is 1. The Morgan fingerprint density at radius 2 is 2.17 bits per heavy atom. The van der Waals surface area contributed by atoms with Gasteiger partial charge < -0.3 is 9.88 Å². The Balaban J connectivity index is 1.52. The van der Waals surface area contributed by atoms with E-state index in [1.54, 1.807) is 6.20 Å². The van der Waals surface area contributed by atoms with Crippen LogP contribution >= 0.6 is 0 Å². The van der Waals surface area contributed by atoms with Crippen molar-refractivity contribution in [3.63, 3.8) is 0 Å². The van der Waals surface area contributed by atoms with E-state index in [2.05, 4.69) is 20.1 Å². The number of H-pyrrole nitrogens is 1. The molecule has 118 valence electrons. The van der Waals surface area contributed by atoms with Crippen LogP contribution in [0.25, 0.3) is 5.65 Å². The van der Waals surface area contributed by atoms with Crippen molar-refractivity contribution >= 4 is 11.6 Å². The number of imidazole rings is 1. The molecular weight excluding hydrogens is 292 g/mol. The molecule has 3 aromatic heterocycles. The molecule has 0 aromatic carbocycles. The summed E-state index contributed by atoms with van der Waals surface area (Å²) in [7, 11) is 0. The number of aromatic nitrogens is 5. The first-order valence-electron chi connectivity index (χ1n) is 7.81. The molecule has 1 aliphatic rings. The van der Waals surface area contributed by atoms with Crippen LogP contribution in [0, 0.1) is 6.92 Å². The summed E-state index contributed by atoms with van der Waals surface area (Å²) in [5.74, 6) is 0.418. The van der Waals surface area contributed by atoms with E-state index in [0.717, 1.165) is 37.3 Å². The van der Waals surface area contributed by atoms with Crippen LogP contribution in [-0.4, -0.2) is 48.5 Å². The summed E-state index contributed by atoms with van der Waals surface area (Å²) in [5.41, 5.74) is 3.59. The molecule has 4 heterocycles. The molecule has 0 bridgehead atoms. The molecule has 0 spiro atoms. The van der Waals surface area contributed by atoms with Crippen molar-refractivity contribution in [2.24, 2.45) is 0 Å². The highest BCUT2D eigenvalue weighted by atomic mass is 16.2. The van der Waals surface area contributed by atoms with Crippen molar-refractivity contribution < 1.29 is 4.79 Å². The van der Waals surface area contributed by atoms with Crippen LogP contribution in [0.15, 0.2) is 30.9 Å². The lowest BCUT2D eigenvalue weighted by atomic mass is 9.93.